The summed E-state index contributed by atoms with van der Waals surface area (Å²) < 4.78 is 13.3. The molecule has 0 radical (unpaired) electrons. The number of allylic oxidation sites excluding steroid dienone is 1. The first-order chi connectivity index (χ1) is 15.0. The maximum absolute atomic E-state index is 12.0. The number of aryl methyl sites for hydroxylation is 2. The molecule has 2 rings (SSSR count). The van der Waals surface area contributed by atoms with E-state index in [0.717, 1.165) is 17.3 Å². The molecule has 32 heavy (non-hydrogen) atoms. The minimum Gasteiger partial charge on any atom is -0.452 e. The maximum Gasteiger partial charge on any atom is 0.370 e. The van der Waals surface area contributed by atoms with Gasteiger partial charge in [-0.25, -0.2) is 4.79 Å². The number of carbonyl (C=O) groups excluding carboxylic acids is 1. The summed E-state index contributed by atoms with van der Waals surface area (Å²) in [5.74, 6) is 1.06. The summed E-state index contributed by atoms with van der Waals surface area (Å²) in [5.41, 5.74) is 4.11. The average Bonchev–Trinajstić information content (AvgIpc) is 2.96. The van der Waals surface area contributed by atoms with E-state index in [-0.39, 0.29) is 5.41 Å². The minimum atomic E-state index is -0.836. The first-order valence-corrected chi connectivity index (χ1v) is 11.8. The van der Waals surface area contributed by atoms with Gasteiger partial charge in [-0.2, -0.15) is 5.10 Å². The maximum atomic E-state index is 12.0. The van der Waals surface area contributed by atoms with Crippen molar-refractivity contribution in [3.05, 3.63) is 51.8 Å². The van der Waals surface area contributed by atoms with Crippen molar-refractivity contribution in [2.75, 3.05) is 12.8 Å². The monoisotopic (exact) mass is 477 g/mol. The van der Waals surface area contributed by atoms with E-state index in [2.05, 4.69) is 43.0 Å². The van der Waals surface area contributed by atoms with Crippen molar-refractivity contribution in [1.82, 2.24) is 9.78 Å². The minimum absolute atomic E-state index is 0.0305. The lowest BCUT2D eigenvalue weighted by Crippen LogP contribution is -2.17. The van der Waals surface area contributed by atoms with E-state index in [1.165, 1.54) is 5.56 Å². The van der Waals surface area contributed by atoms with Gasteiger partial charge in [0, 0.05) is 38.6 Å². The Hall–Kier alpha value is -2.25. The van der Waals surface area contributed by atoms with Gasteiger partial charge in [-0.05, 0) is 35.2 Å². The van der Waals surface area contributed by atoms with Crippen LogP contribution < -0.4 is 0 Å². The van der Waals surface area contributed by atoms with Crippen LogP contribution in [-0.2, 0) is 21.9 Å². The fourth-order valence-corrected chi connectivity index (χ4v) is 3.83. The first kappa shape index (κ1) is 26.0. The van der Waals surface area contributed by atoms with Crippen LogP contribution in [0, 0.1) is 6.92 Å². The summed E-state index contributed by atoms with van der Waals surface area (Å²) in [6, 6.07) is 8.24. The van der Waals surface area contributed by atoms with Gasteiger partial charge >= 0.3 is 5.30 Å². The Morgan fingerprint density at radius 3 is 2.38 bits per heavy atom. The quantitative estimate of drug-likeness (QED) is 0.197. The van der Waals surface area contributed by atoms with Crippen LogP contribution in [0.15, 0.2) is 29.3 Å². The number of aliphatic imine (C=N–C) groups is 1. The van der Waals surface area contributed by atoms with Gasteiger partial charge < -0.3 is 9.47 Å². The number of hydrogen-bond donors (Lipinski definition) is 0. The molecule has 0 spiro atoms. The Morgan fingerprint density at radius 1 is 1.28 bits per heavy atom. The van der Waals surface area contributed by atoms with E-state index >= 15 is 0 Å². The number of hydrogen-bond acceptors (Lipinski definition) is 6. The number of thioether (sulfide) groups is 1. The predicted octanol–water partition coefficient (Wildman–Crippen LogP) is 6.50. The zero-order valence-electron chi connectivity index (χ0n) is 20.0. The molecule has 0 saturated carbocycles. The Labute approximate surface area is 200 Å². The standard InChI is InChI=1S/C24H32ClN3O3S/c1-9-32-23(29)31-16(3)30-22(21-20(25)15(2)27-28(21)8)19(14-26-7)17-10-12-18(13-11-17)24(4,5)6/h10-14,16H,9H2,1-8H3/b22-19-,26-14?. The molecule has 1 aromatic carbocycles. The van der Waals surface area contributed by atoms with Crippen LogP contribution in [0.4, 0.5) is 4.79 Å². The van der Waals surface area contributed by atoms with Crippen molar-refractivity contribution in [3.8, 4) is 0 Å². The average molecular weight is 478 g/mol. The van der Waals surface area contributed by atoms with Gasteiger partial charge in [0.15, 0.2) is 5.76 Å². The van der Waals surface area contributed by atoms with E-state index < -0.39 is 11.6 Å². The molecule has 0 N–H and O–H groups in total. The largest absolute Gasteiger partial charge is 0.452 e. The van der Waals surface area contributed by atoms with Gasteiger partial charge in [-0.15, -0.1) is 0 Å². The van der Waals surface area contributed by atoms with E-state index in [9.17, 15) is 4.79 Å². The third kappa shape index (κ3) is 6.39. The molecule has 6 nitrogen and oxygen atoms in total. The molecular formula is C24H32ClN3O3S. The molecule has 0 saturated heterocycles. The Balaban J connectivity index is 2.65. The number of ether oxygens (including phenoxy) is 2. The molecular weight excluding hydrogens is 446 g/mol. The number of benzene rings is 1. The highest BCUT2D eigenvalue weighted by molar-refractivity contribution is 8.13. The van der Waals surface area contributed by atoms with Crippen molar-refractivity contribution < 1.29 is 14.3 Å². The van der Waals surface area contributed by atoms with E-state index in [1.54, 1.807) is 31.9 Å². The van der Waals surface area contributed by atoms with Crippen molar-refractivity contribution in [2.24, 2.45) is 12.0 Å². The van der Waals surface area contributed by atoms with E-state index in [0.29, 0.717) is 33.5 Å². The highest BCUT2D eigenvalue weighted by atomic mass is 35.5. The first-order valence-electron chi connectivity index (χ1n) is 10.5. The third-order valence-corrected chi connectivity index (χ3v) is 5.81. The summed E-state index contributed by atoms with van der Waals surface area (Å²) in [6.07, 6.45) is 0.882. The molecule has 8 heteroatoms. The number of nitrogens with zero attached hydrogens (tertiary/aromatic N) is 3. The predicted molar refractivity (Wildman–Crippen MR) is 134 cm³/mol. The van der Waals surface area contributed by atoms with Crippen LogP contribution in [0.5, 0.6) is 0 Å². The number of rotatable bonds is 7. The zero-order valence-corrected chi connectivity index (χ0v) is 21.6. The van der Waals surface area contributed by atoms with Crippen LogP contribution in [0.2, 0.25) is 5.02 Å². The van der Waals surface area contributed by atoms with Crippen LogP contribution in [0.1, 0.15) is 57.1 Å². The van der Waals surface area contributed by atoms with Crippen molar-refractivity contribution >= 4 is 46.2 Å². The summed E-state index contributed by atoms with van der Waals surface area (Å²) in [4.78, 5) is 16.2. The Kier molecular flexibility index (Phi) is 8.98. The Morgan fingerprint density at radius 2 is 1.91 bits per heavy atom. The second-order valence-corrected chi connectivity index (χ2v) is 9.89. The fraction of sp³-hybridized carbons (Fsp3) is 0.458. The molecule has 2 aromatic rings. The lowest BCUT2D eigenvalue weighted by molar-refractivity contribution is -0.0253. The number of halogens is 1. The zero-order chi connectivity index (χ0) is 24.1. The van der Waals surface area contributed by atoms with E-state index in [1.807, 2.05) is 26.0 Å². The molecule has 0 aliphatic carbocycles. The molecule has 0 aliphatic rings. The van der Waals surface area contributed by atoms with Crippen molar-refractivity contribution in [1.29, 1.82) is 0 Å². The highest BCUT2D eigenvalue weighted by Crippen LogP contribution is 2.34. The second kappa shape index (κ2) is 11.1. The van der Waals surface area contributed by atoms with Crippen LogP contribution in [0.3, 0.4) is 0 Å². The number of aromatic nitrogens is 2. The smallest absolute Gasteiger partial charge is 0.370 e. The number of carbonyl (C=O) groups is 1. The molecule has 1 atom stereocenters. The van der Waals surface area contributed by atoms with Crippen molar-refractivity contribution in [2.45, 2.75) is 53.2 Å². The molecule has 1 heterocycles. The molecule has 1 unspecified atom stereocenters. The van der Waals surface area contributed by atoms with E-state index in [4.69, 9.17) is 21.1 Å². The van der Waals surface area contributed by atoms with Crippen LogP contribution in [-0.4, -0.2) is 40.4 Å². The third-order valence-electron chi connectivity index (χ3n) is 4.74. The lowest BCUT2D eigenvalue weighted by Gasteiger charge is -2.21. The van der Waals surface area contributed by atoms with Gasteiger partial charge in [0.1, 0.15) is 5.69 Å². The van der Waals surface area contributed by atoms with Gasteiger partial charge in [-0.3, -0.25) is 9.67 Å². The molecule has 0 aliphatic heterocycles. The van der Waals surface area contributed by atoms with Crippen LogP contribution >= 0.6 is 23.4 Å². The van der Waals surface area contributed by atoms with Gasteiger partial charge in [0.05, 0.1) is 10.7 Å². The SMILES string of the molecule is CCSC(=O)OC(C)O/C(=C(/C=NC)c1ccc(C(C)(C)C)cc1)c1c(Cl)c(C)nn1C. The van der Waals surface area contributed by atoms with Crippen LogP contribution in [0.25, 0.3) is 11.3 Å². The molecule has 0 amide bonds. The summed E-state index contributed by atoms with van der Waals surface area (Å²) >= 11 is 7.70. The molecule has 0 bridgehead atoms. The van der Waals surface area contributed by atoms with Crippen molar-refractivity contribution in [3.63, 3.8) is 0 Å². The molecule has 0 fully saturated rings. The fourth-order valence-electron chi connectivity index (χ4n) is 3.15. The van der Waals surface area contributed by atoms with Gasteiger partial charge in [-0.1, -0.05) is 63.6 Å². The second-order valence-electron chi connectivity index (χ2n) is 8.32. The van der Waals surface area contributed by atoms with Gasteiger partial charge in [0.25, 0.3) is 0 Å². The Bertz CT molecular complexity index is 1000. The molecule has 1 aromatic heterocycles. The summed E-state index contributed by atoms with van der Waals surface area (Å²) in [6.45, 7) is 11.9. The lowest BCUT2D eigenvalue weighted by atomic mass is 9.86. The topological polar surface area (TPSA) is 65.7 Å². The molecule has 174 valence electrons. The normalized spacial score (nSPS) is 13.8. The van der Waals surface area contributed by atoms with Gasteiger partial charge in [0.2, 0.25) is 6.29 Å². The highest BCUT2D eigenvalue weighted by Gasteiger charge is 2.25. The summed E-state index contributed by atoms with van der Waals surface area (Å²) in [7, 11) is 3.49. The summed E-state index contributed by atoms with van der Waals surface area (Å²) in [5, 5.41) is 4.50.